The average molecular weight is 961 g/mol. The molecule has 0 unspecified atom stereocenters. The Morgan fingerprint density at radius 2 is 1.36 bits per heavy atom. The zero-order valence-corrected chi connectivity index (χ0v) is 37.4. The van der Waals surface area contributed by atoms with E-state index in [1.807, 2.05) is 60.3 Å². The first-order valence-corrected chi connectivity index (χ1v) is 23.1. The number of aliphatic hydroxyl groups excluding tert-OH is 8. The Morgan fingerprint density at radius 3 is 2.06 bits per heavy atom. The first-order valence-electron chi connectivity index (χ1n) is 22.3. The Morgan fingerprint density at radius 1 is 0.746 bits per heavy atom. The van der Waals surface area contributed by atoms with E-state index in [1.54, 1.807) is 11.8 Å². The van der Waals surface area contributed by atoms with Crippen LogP contribution in [0.25, 0.3) is 17.0 Å². The smallest absolute Gasteiger partial charge is 0.226 e. The van der Waals surface area contributed by atoms with Crippen LogP contribution in [0.1, 0.15) is 18.4 Å². The predicted octanol–water partition coefficient (Wildman–Crippen LogP) is -4.63. The number of benzene rings is 2. The third-order valence-corrected chi connectivity index (χ3v) is 14.3. The lowest BCUT2D eigenvalue weighted by molar-refractivity contribution is -0.670. The number of hydrogen-bond acceptors (Lipinski definition) is 21. The lowest BCUT2D eigenvalue weighted by Gasteiger charge is -2.47. The Balaban J connectivity index is 0.885. The number of aliphatic hydroxyl groups is 8. The number of hydrogen-bond donors (Lipinski definition) is 13. The van der Waals surface area contributed by atoms with Crippen LogP contribution in [-0.4, -0.2) is 190 Å². The summed E-state index contributed by atoms with van der Waals surface area (Å²) in [6.45, 7) is -1.32. The van der Waals surface area contributed by atoms with Crippen molar-refractivity contribution < 1.29 is 78.6 Å². The Kier molecular flexibility index (Phi) is 15.8. The fraction of sp³-hybridized carbons (Fsp3) is 0.591. The summed E-state index contributed by atoms with van der Waals surface area (Å²) >= 11 is 1.70. The van der Waals surface area contributed by atoms with E-state index in [0.29, 0.717) is 6.54 Å². The number of pyridine rings is 1. The molecule has 8 rings (SSSR count). The van der Waals surface area contributed by atoms with Crippen molar-refractivity contribution in [3.8, 4) is 0 Å². The normalized spacial score (nSPS) is 39.5. The van der Waals surface area contributed by atoms with Crippen molar-refractivity contribution in [2.75, 3.05) is 31.7 Å². The fourth-order valence-corrected chi connectivity index (χ4v) is 10.3. The maximum Gasteiger partial charge on any atom is 0.226 e. The maximum absolute atomic E-state index is 13.3. The monoisotopic (exact) mass is 960 g/mol. The number of amides is 1. The molecule has 1 aromatic heterocycles. The predicted molar refractivity (Wildman–Crippen MR) is 238 cm³/mol. The van der Waals surface area contributed by atoms with Crippen molar-refractivity contribution >= 4 is 40.3 Å². The molecule has 1 saturated carbocycles. The van der Waals surface area contributed by atoms with Crippen molar-refractivity contribution in [3.05, 3.63) is 71.4 Å². The van der Waals surface area contributed by atoms with Gasteiger partial charge in [0.15, 0.2) is 31.6 Å². The van der Waals surface area contributed by atoms with Gasteiger partial charge in [-0.2, -0.15) is 4.57 Å². The molecule has 368 valence electrons. The molecule has 0 spiro atoms. The number of fused-ring (bicyclic) bond motifs is 2. The van der Waals surface area contributed by atoms with Gasteiger partial charge in [-0.25, -0.2) is 0 Å². The van der Waals surface area contributed by atoms with Gasteiger partial charge in [0, 0.05) is 42.7 Å². The summed E-state index contributed by atoms with van der Waals surface area (Å²) in [4.78, 5) is 16.6. The van der Waals surface area contributed by atoms with Crippen LogP contribution in [0.4, 0.5) is 5.69 Å². The first kappa shape index (κ1) is 49.9. The van der Waals surface area contributed by atoms with Crippen molar-refractivity contribution in [2.45, 2.75) is 141 Å². The summed E-state index contributed by atoms with van der Waals surface area (Å²) in [5, 5.41) is 90.2. The number of aryl methyl sites for hydroxylation is 1. The SMILES string of the molecule is CN1C(=Cc2cc[n+](CCC(=O)NC[C@@H]3O[C@H](O[C@H]4[C@@H](O)[C@H](O[C@@H]5[C@@H](O)[C@H](N)C[C@H](N)[C@H]5O[C@H]5O[C@H](CO)[C@@H](O)[C@H](O)[C@H]5N)O[C@@H]4CO)[C@H](N)[C@@H](O)[C@@H]3O)c3ccccc23)Sc2ccccc21. The Hall–Kier alpha value is -3.51. The van der Waals surface area contributed by atoms with Crippen molar-refractivity contribution in [1.29, 1.82) is 0 Å². The molecule has 19 atom stereocenters. The summed E-state index contributed by atoms with van der Waals surface area (Å²) in [6.07, 6.45) is -17.7. The molecule has 5 heterocycles. The molecule has 23 heteroatoms. The number of carbonyl (C=O) groups excluding carboxylic acids is 1. The van der Waals surface area contributed by atoms with Crippen LogP contribution in [-0.2, 0) is 39.8 Å². The molecule has 5 aliphatic rings. The molecule has 0 radical (unpaired) electrons. The zero-order chi connectivity index (χ0) is 47.8. The third kappa shape index (κ3) is 10.2. The highest BCUT2D eigenvalue weighted by atomic mass is 32.2. The lowest BCUT2D eigenvalue weighted by Crippen LogP contribution is -2.68. The van der Waals surface area contributed by atoms with Gasteiger partial charge in [0.05, 0.1) is 53.9 Å². The van der Waals surface area contributed by atoms with E-state index in [0.717, 1.165) is 27.2 Å². The van der Waals surface area contributed by atoms with Gasteiger partial charge in [0.25, 0.3) is 0 Å². The van der Waals surface area contributed by atoms with Gasteiger partial charge in [-0.1, -0.05) is 36.0 Å². The second kappa shape index (κ2) is 21.2. The van der Waals surface area contributed by atoms with Crippen LogP contribution in [0.2, 0.25) is 0 Å². The highest BCUT2D eigenvalue weighted by Crippen LogP contribution is 2.45. The van der Waals surface area contributed by atoms with E-state index < -0.39 is 129 Å². The molecule has 0 bridgehead atoms. The molecular formula is C44H62N7O15S+. The largest absolute Gasteiger partial charge is 0.394 e. The fourth-order valence-electron chi connectivity index (χ4n) is 9.21. The van der Waals surface area contributed by atoms with Crippen molar-refractivity contribution in [3.63, 3.8) is 0 Å². The zero-order valence-electron chi connectivity index (χ0n) is 36.6. The minimum atomic E-state index is -1.71. The summed E-state index contributed by atoms with van der Waals surface area (Å²) in [5.41, 5.74) is 28.0. The molecule has 17 N–H and O–H groups in total. The van der Waals surface area contributed by atoms with Crippen LogP contribution >= 0.6 is 11.8 Å². The molecule has 3 aromatic rings. The summed E-state index contributed by atoms with van der Waals surface area (Å²) in [5.74, 6) is -0.368. The van der Waals surface area contributed by atoms with E-state index in [9.17, 15) is 45.6 Å². The van der Waals surface area contributed by atoms with E-state index in [2.05, 4.69) is 28.4 Å². The molecule has 22 nitrogen and oxygen atoms in total. The highest BCUT2D eigenvalue weighted by Gasteiger charge is 2.54. The van der Waals surface area contributed by atoms with Gasteiger partial charge in [-0.3, -0.25) is 4.79 Å². The van der Waals surface area contributed by atoms with E-state index >= 15 is 0 Å². The van der Waals surface area contributed by atoms with E-state index in [-0.39, 0.29) is 25.3 Å². The molecule has 3 saturated heterocycles. The number of rotatable bonds is 14. The molecule has 1 amide bonds. The topological polar surface area (TPSA) is 358 Å². The quantitative estimate of drug-likeness (QED) is 0.0676. The highest BCUT2D eigenvalue weighted by molar-refractivity contribution is 8.03. The van der Waals surface area contributed by atoms with Gasteiger partial charge >= 0.3 is 0 Å². The van der Waals surface area contributed by atoms with Gasteiger partial charge in [-0.05, 0) is 36.3 Å². The van der Waals surface area contributed by atoms with Crippen LogP contribution in [0.5, 0.6) is 0 Å². The molecular weight excluding hydrogens is 899 g/mol. The van der Waals surface area contributed by atoms with Gasteiger partial charge in [-0.15, -0.1) is 0 Å². The molecule has 4 aliphatic heterocycles. The van der Waals surface area contributed by atoms with Crippen LogP contribution in [0, 0.1) is 0 Å². The minimum Gasteiger partial charge on any atom is -0.394 e. The summed E-state index contributed by atoms with van der Waals surface area (Å²) < 4.78 is 37.5. The van der Waals surface area contributed by atoms with Crippen LogP contribution in [0.15, 0.2) is 70.7 Å². The molecule has 2 aromatic carbocycles. The number of nitrogens with one attached hydrogen (secondary N) is 1. The lowest BCUT2D eigenvalue weighted by atomic mass is 9.84. The van der Waals surface area contributed by atoms with E-state index in [4.69, 9.17) is 51.4 Å². The second-order valence-corrected chi connectivity index (χ2v) is 18.7. The standard InChI is InChI=1S/C44H61N7O15S/c1-50-24-8-4-5-9-28(24)67-30(50)14-19-10-12-51(23-7-3-2-6-20(19)23)13-11-29(54)49-16-25-34(56)36(58)31(47)42(61-25)65-40-27(18-53)63-44(38(40)60)66-41-33(55)21(45)15-22(46)39(41)64-43-32(48)37(59)35(57)26(17-52)62-43/h2-10,12,14,21-22,25-27,31-44,52-53,55-60H,11,13,15-18,45-48H2,1H3/p+1/t21-,22+,25+,26-,27-,31-,32-,33+,34-,35-,36-,37-,38-,39-,40-,41-,42-,43-,44+/m1/s1. The number of carbonyl (C=O) groups is 1. The number of thioether (sulfide) groups is 1. The average Bonchev–Trinajstić information content (AvgIpc) is 3.81. The number of anilines is 1. The molecule has 4 fully saturated rings. The first-order chi connectivity index (χ1) is 32.1. The van der Waals surface area contributed by atoms with Gasteiger partial charge in [0.2, 0.25) is 11.4 Å². The number of aromatic nitrogens is 1. The van der Waals surface area contributed by atoms with E-state index in [1.165, 1.54) is 4.90 Å². The van der Waals surface area contributed by atoms with Crippen molar-refractivity contribution in [2.24, 2.45) is 22.9 Å². The summed E-state index contributed by atoms with van der Waals surface area (Å²) in [6, 6.07) is 13.6. The number of nitrogens with zero attached hydrogens (tertiary/aromatic N) is 2. The second-order valence-electron chi connectivity index (χ2n) is 17.6. The van der Waals surface area contributed by atoms with Crippen molar-refractivity contribution in [1.82, 2.24) is 5.32 Å². The molecule has 1 aliphatic carbocycles. The van der Waals surface area contributed by atoms with Gasteiger partial charge in [0.1, 0.15) is 67.1 Å². The van der Waals surface area contributed by atoms with Gasteiger partial charge < -0.3 is 102 Å². The minimum absolute atomic E-state index is 0.0327. The Labute approximate surface area is 389 Å². The number of para-hydroxylation sites is 2. The van der Waals surface area contributed by atoms with Crippen LogP contribution in [0.3, 0.4) is 0 Å². The molecule has 67 heavy (non-hydrogen) atoms. The maximum atomic E-state index is 13.3. The summed E-state index contributed by atoms with van der Waals surface area (Å²) in [7, 11) is 2.04. The number of ether oxygens (including phenoxy) is 6. The Bertz CT molecular complexity index is 2220. The van der Waals surface area contributed by atoms with Crippen LogP contribution < -0.4 is 37.7 Å². The number of nitrogens with two attached hydrogens (primary N) is 4. The third-order valence-electron chi connectivity index (χ3n) is 13.2.